The minimum absolute atomic E-state index is 0.0370. The number of hydrogen-bond acceptors (Lipinski definition) is 5. The maximum Gasteiger partial charge on any atom is 0.410 e. The normalized spacial score (nSPS) is 17.3. The number of piperazine rings is 1. The van der Waals surface area contributed by atoms with Gasteiger partial charge in [-0.15, -0.1) is 0 Å². The van der Waals surface area contributed by atoms with Gasteiger partial charge in [-0.05, 0) is 31.1 Å². The van der Waals surface area contributed by atoms with Gasteiger partial charge in [-0.25, -0.2) is 4.79 Å². The van der Waals surface area contributed by atoms with E-state index in [2.05, 4.69) is 27.1 Å². The molecule has 1 saturated heterocycles. The molecule has 2 aromatic rings. The molecule has 2 aliphatic rings. The fourth-order valence-corrected chi connectivity index (χ4v) is 3.72. The molecule has 3 heterocycles. The van der Waals surface area contributed by atoms with Crippen LogP contribution in [0.3, 0.4) is 0 Å². The Bertz CT molecular complexity index is 896. The molecule has 1 aliphatic heterocycles. The van der Waals surface area contributed by atoms with Crippen molar-refractivity contribution < 1.29 is 9.53 Å². The Kier molecular flexibility index (Phi) is 5.07. The van der Waals surface area contributed by atoms with E-state index in [1.807, 2.05) is 44.2 Å². The first-order chi connectivity index (χ1) is 13.5. The third kappa shape index (κ3) is 3.61. The van der Waals surface area contributed by atoms with Gasteiger partial charge < -0.3 is 14.5 Å². The van der Waals surface area contributed by atoms with Crippen LogP contribution in [0.2, 0.25) is 0 Å². The quantitative estimate of drug-likeness (QED) is 0.815. The minimum atomic E-state index is -0.201. The number of rotatable bonds is 4. The number of pyridine rings is 1. The molecule has 4 rings (SSSR count). The molecule has 148 valence electrons. The minimum Gasteiger partial charge on any atom is -0.446 e. The highest BCUT2D eigenvalue weighted by atomic mass is 16.6. The summed E-state index contributed by atoms with van der Waals surface area (Å²) in [7, 11) is 1.93. The second-order valence-electron chi connectivity index (χ2n) is 7.52. The van der Waals surface area contributed by atoms with Crippen molar-refractivity contribution in [3.05, 3.63) is 41.5 Å². The van der Waals surface area contributed by atoms with Crippen molar-refractivity contribution in [3.8, 4) is 0 Å². The maximum atomic E-state index is 12.3. The van der Waals surface area contributed by atoms with Crippen LogP contribution in [0.1, 0.15) is 37.1 Å². The lowest BCUT2D eigenvalue weighted by Gasteiger charge is -2.36. The first-order valence-electron chi connectivity index (χ1n) is 9.93. The van der Waals surface area contributed by atoms with Gasteiger partial charge in [-0.1, -0.05) is 6.92 Å². The molecule has 0 bridgehead atoms. The van der Waals surface area contributed by atoms with E-state index >= 15 is 0 Å². The highest BCUT2D eigenvalue weighted by Crippen LogP contribution is 2.36. The standard InChI is InChI=1S/C21H27N5O2/c1-4-15(2)28-21(27)26-9-7-25(8-10-26)20-5-6-22-19-12-16(11-18(19)20)17-13-23-24(3)14-17/h5-6,11,13-15H,4,7-10,12H2,1-3H3. The predicted molar refractivity (Wildman–Crippen MR) is 109 cm³/mol. The molecule has 1 aliphatic carbocycles. The molecule has 0 radical (unpaired) electrons. The first kappa shape index (κ1) is 18.5. The molecular formula is C21H27N5O2. The number of nitrogens with zero attached hydrogens (tertiary/aromatic N) is 5. The van der Waals surface area contributed by atoms with Gasteiger partial charge in [0.05, 0.1) is 11.9 Å². The predicted octanol–water partition coefficient (Wildman–Crippen LogP) is 2.97. The second-order valence-corrected chi connectivity index (χ2v) is 7.52. The van der Waals surface area contributed by atoms with E-state index in [0.29, 0.717) is 13.1 Å². The molecule has 1 unspecified atom stereocenters. The number of allylic oxidation sites excluding steroid dienone is 1. The lowest BCUT2D eigenvalue weighted by molar-refractivity contribution is 0.0669. The average Bonchev–Trinajstić information content (AvgIpc) is 3.33. The summed E-state index contributed by atoms with van der Waals surface area (Å²) in [6, 6.07) is 2.08. The topological polar surface area (TPSA) is 63.5 Å². The second kappa shape index (κ2) is 7.66. The van der Waals surface area contributed by atoms with Gasteiger partial charge >= 0.3 is 6.09 Å². The molecule has 1 atom stereocenters. The zero-order chi connectivity index (χ0) is 19.7. The molecule has 1 fully saturated rings. The first-order valence-corrected chi connectivity index (χ1v) is 9.93. The van der Waals surface area contributed by atoms with E-state index in [-0.39, 0.29) is 12.2 Å². The lowest BCUT2D eigenvalue weighted by Crippen LogP contribution is -2.49. The number of ether oxygens (including phenoxy) is 1. The number of amides is 1. The summed E-state index contributed by atoms with van der Waals surface area (Å²) >= 11 is 0. The molecule has 7 heteroatoms. The van der Waals surface area contributed by atoms with Gasteiger partial charge in [0, 0.05) is 68.9 Å². The molecule has 0 aromatic carbocycles. The van der Waals surface area contributed by atoms with Crippen molar-refractivity contribution in [2.75, 3.05) is 31.1 Å². The average molecular weight is 381 g/mol. The number of anilines is 1. The van der Waals surface area contributed by atoms with Gasteiger partial charge in [-0.2, -0.15) is 5.10 Å². The monoisotopic (exact) mass is 381 g/mol. The highest BCUT2D eigenvalue weighted by molar-refractivity contribution is 5.91. The van der Waals surface area contributed by atoms with Crippen LogP contribution in [0, 0.1) is 0 Å². The van der Waals surface area contributed by atoms with Crippen LogP contribution in [0.15, 0.2) is 24.7 Å². The van der Waals surface area contributed by atoms with Crippen molar-refractivity contribution >= 4 is 23.4 Å². The number of aromatic nitrogens is 3. The van der Waals surface area contributed by atoms with Gasteiger partial charge in [-0.3, -0.25) is 9.67 Å². The third-order valence-corrected chi connectivity index (χ3v) is 5.56. The summed E-state index contributed by atoms with van der Waals surface area (Å²) in [6.45, 7) is 6.88. The number of aryl methyl sites for hydroxylation is 1. The lowest BCUT2D eigenvalue weighted by atomic mass is 10.1. The number of hydrogen-bond donors (Lipinski definition) is 0. The Balaban J connectivity index is 1.47. The van der Waals surface area contributed by atoms with Crippen molar-refractivity contribution in [1.29, 1.82) is 0 Å². The van der Waals surface area contributed by atoms with Crippen molar-refractivity contribution in [3.63, 3.8) is 0 Å². The Labute approximate surface area is 165 Å². The Morgan fingerprint density at radius 3 is 2.75 bits per heavy atom. The van der Waals surface area contributed by atoms with Crippen LogP contribution < -0.4 is 4.90 Å². The Morgan fingerprint density at radius 1 is 1.29 bits per heavy atom. The van der Waals surface area contributed by atoms with E-state index in [1.54, 1.807) is 4.90 Å². The summed E-state index contributed by atoms with van der Waals surface area (Å²) in [6.07, 6.45) is 9.49. The summed E-state index contributed by atoms with van der Waals surface area (Å²) in [4.78, 5) is 21.0. The van der Waals surface area contributed by atoms with Gasteiger partial charge in [0.2, 0.25) is 0 Å². The molecular weight excluding hydrogens is 354 g/mol. The van der Waals surface area contributed by atoms with Crippen LogP contribution in [-0.4, -0.2) is 58.0 Å². The number of carbonyl (C=O) groups is 1. The van der Waals surface area contributed by atoms with Crippen molar-refractivity contribution in [2.24, 2.45) is 7.05 Å². The van der Waals surface area contributed by atoms with Gasteiger partial charge in [0.1, 0.15) is 6.10 Å². The van der Waals surface area contributed by atoms with Gasteiger partial charge in [0.15, 0.2) is 0 Å². The number of fused-ring (bicyclic) bond motifs is 1. The van der Waals surface area contributed by atoms with E-state index in [1.165, 1.54) is 16.8 Å². The van der Waals surface area contributed by atoms with Crippen molar-refractivity contribution in [1.82, 2.24) is 19.7 Å². The summed E-state index contributed by atoms with van der Waals surface area (Å²) in [5.74, 6) is 0. The summed E-state index contributed by atoms with van der Waals surface area (Å²) in [5, 5.41) is 4.28. The molecule has 28 heavy (non-hydrogen) atoms. The van der Waals surface area contributed by atoms with E-state index < -0.39 is 0 Å². The zero-order valence-corrected chi connectivity index (χ0v) is 16.8. The maximum absolute atomic E-state index is 12.3. The fraction of sp³-hybridized carbons (Fsp3) is 0.476. The molecule has 0 spiro atoms. The van der Waals surface area contributed by atoms with Gasteiger partial charge in [0.25, 0.3) is 0 Å². The van der Waals surface area contributed by atoms with Crippen LogP contribution in [0.5, 0.6) is 0 Å². The van der Waals surface area contributed by atoms with Crippen molar-refractivity contribution in [2.45, 2.75) is 32.8 Å². The highest BCUT2D eigenvalue weighted by Gasteiger charge is 2.26. The summed E-state index contributed by atoms with van der Waals surface area (Å²) in [5.41, 5.74) is 5.88. The molecule has 2 aromatic heterocycles. The molecule has 1 amide bonds. The zero-order valence-electron chi connectivity index (χ0n) is 16.8. The van der Waals surface area contributed by atoms with Crippen LogP contribution >= 0.6 is 0 Å². The largest absolute Gasteiger partial charge is 0.446 e. The third-order valence-electron chi connectivity index (χ3n) is 5.56. The fourth-order valence-electron chi connectivity index (χ4n) is 3.72. The summed E-state index contributed by atoms with van der Waals surface area (Å²) < 4.78 is 7.28. The SMILES string of the molecule is CCC(C)OC(=O)N1CCN(c2ccnc3c2C=C(c2cnn(C)c2)C3)CC1. The number of carbonyl (C=O) groups excluding carboxylic acids is 1. The van der Waals surface area contributed by atoms with E-state index in [9.17, 15) is 4.79 Å². The van der Waals surface area contributed by atoms with Crippen LogP contribution in [0.25, 0.3) is 11.6 Å². The van der Waals surface area contributed by atoms with Crippen LogP contribution in [0.4, 0.5) is 10.5 Å². The Morgan fingerprint density at radius 2 is 2.07 bits per heavy atom. The Hall–Kier alpha value is -2.83. The van der Waals surface area contributed by atoms with E-state index in [4.69, 9.17) is 4.74 Å². The molecule has 0 N–H and O–H groups in total. The molecule has 7 nitrogen and oxygen atoms in total. The van der Waals surface area contributed by atoms with E-state index in [0.717, 1.165) is 37.2 Å². The molecule has 0 saturated carbocycles. The van der Waals surface area contributed by atoms with Crippen LogP contribution in [-0.2, 0) is 18.2 Å². The smallest absolute Gasteiger partial charge is 0.410 e.